The summed E-state index contributed by atoms with van der Waals surface area (Å²) in [6, 6.07) is 9.76. The maximum atomic E-state index is 5.70. The topological polar surface area (TPSA) is 21.3 Å². The molecule has 1 aliphatic carbocycles. The van der Waals surface area contributed by atoms with Gasteiger partial charge in [0.15, 0.2) is 0 Å². The van der Waals surface area contributed by atoms with Crippen molar-refractivity contribution in [2.45, 2.75) is 51.0 Å². The molecule has 2 aliphatic rings. The van der Waals surface area contributed by atoms with Gasteiger partial charge in [-0.25, -0.2) is 0 Å². The maximum Gasteiger partial charge on any atom is 0.0512 e. The molecule has 3 rings (SSSR count). The van der Waals surface area contributed by atoms with E-state index >= 15 is 0 Å². The van der Waals surface area contributed by atoms with Crippen LogP contribution >= 0.6 is 0 Å². The van der Waals surface area contributed by atoms with Crippen molar-refractivity contribution in [3.05, 3.63) is 35.4 Å². The van der Waals surface area contributed by atoms with Crippen molar-refractivity contribution in [3.8, 4) is 0 Å². The number of ether oxygens (including phenoxy) is 1. The van der Waals surface area contributed by atoms with Crippen molar-refractivity contribution in [3.63, 3.8) is 0 Å². The average molecular weight is 273 g/mol. The van der Waals surface area contributed by atoms with Gasteiger partial charge in [0, 0.05) is 18.6 Å². The van der Waals surface area contributed by atoms with Crippen LogP contribution in [0.4, 0.5) is 0 Å². The van der Waals surface area contributed by atoms with Crippen molar-refractivity contribution in [2.75, 3.05) is 19.8 Å². The fraction of sp³-hybridized carbons (Fsp3) is 0.667. The quantitative estimate of drug-likeness (QED) is 0.874. The van der Waals surface area contributed by atoms with E-state index < -0.39 is 0 Å². The Labute approximate surface area is 122 Å². The summed E-state index contributed by atoms with van der Waals surface area (Å²) in [6.45, 7) is 5.07. The van der Waals surface area contributed by atoms with Crippen LogP contribution in [0.5, 0.6) is 0 Å². The van der Waals surface area contributed by atoms with Crippen LogP contribution in [-0.2, 0) is 4.74 Å². The average Bonchev–Trinajstić information content (AvgIpc) is 2.44. The first-order valence-electron chi connectivity index (χ1n) is 8.29. The van der Waals surface area contributed by atoms with E-state index in [-0.39, 0.29) is 0 Å². The Hall–Kier alpha value is -0.860. The van der Waals surface area contributed by atoms with Crippen molar-refractivity contribution in [1.82, 2.24) is 5.32 Å². The molecule has 2 unspecified atom stereocenters. The molecule has 1 aromatic carbocycles. The lowest BCUT2D eigenvalue weighted by atomic mass is 9.78. The summed E-state index contributed by atoms with van der Waals surface area (Å²) in [7, 11) is 0. The highest BCUT2D eigenvalue weighted by Gasteiger charge is 2.26. The molecule has 0 bridgehead atoms. The smallest absolute Gasteiger partial charge is 0.0512 e. The van der Waals surface area contributed by atoms with Crippen LogP contribution in [-0.4, -0.2) is 19.8 Å². The molecule has 2 fully saturated rings. The second-order valence-electron chi connectivity index (χ2n) is 6.31. The van der Waals surface area contributed by atoms with Crippen molar-refractivity contribution < 1.29 is 4.74 Å². The number of benzene rings is 1. The Morgan fingerprint density at radius 1 is 1.25 bits per heavy atom. The molecule has 0 spiro atoms. The predicted molar refractivity (Wildman–Crippen MR) is 83.0 cm³/mol. The van der Waals surface area contributed by atoms with Gasteiger partial charge in [-0.1, -0.05) is 37.6 Å². The minimum atomic E-state index is 0.459. The van der Waals surface area contributed by atoms with Crippen LogP contribution in [0.3, 0.4) is 0 Å². The van der Waals surface area contributed by atoms with E-state index in [0.717, 1.165) is 25.7 Å². The molecule has 1 saturated carbocycles. The summed E-state index contributed by atoms with van der Waals surface area (Å²) in [5, 5.41) is 3.69. The molecular formula is C18H27NO. The van der Waals surface area contributed by atoms with Crippen molar-refractivity contribution in [2.24, 2.45) is 5.92 Å². The standard InChI is InChI=1S/C18H27NO/c1-2-19-18(17-10-5-11-20-13-17)16-9-4-8-15(12-16)14-6-3-7-14/h4,8-9,12,14,17-19H,2-3,5-7,10-11,13H2,1H3. The van der Waals surface area contributed by atoms with Gasteiger partial charge in [-0.3, -0.25) is 0 Å². The van der Waals surface area contributed by atoms with Gasteiger partial charge in [-0.05, 0) is 49.3 Å². The van der Waals surface area contributed by atoms with Crippen LogP contribution in [0, 0.1) is 5.92 Å². The summed E-state index contributed by atoms with van der Waals surface area (Å²) < 4.78 is 5.70. The van der Waals surface area contributed by atoms with E-state index in [9.17, 15) is 0 Å². The van der Waals surface area contributed by atoms with Crippen LogP contribution < -0.4 is 5.32 Å². The second kappa shape index (κ2) is 6.73. The molecule has 1 N–H and O–H groups in total. The van der Waals surface area contributed by atoms with Gasteiger partial charge < -0.3 is 10.1 Å². The normalized spacial score (nSPS) is 25.1. The van der Waals surface area contributed by atoms with Crippen molar-refractivity contribution >= 4 is 0 Å². The third-order valence-corrected chi connectivity index (χ3v) is 4.94. The largest absolute Gasteiger partial charge is 0.381 e. The molecule has 0 amide bonds. The molecule has 110 valence electrons. The zero-order valence-electron chi connectivity index (χ0n) is 12.6. The lowest BCUT2D eigenvalue weighted by Gasteiger charge is -2.32. The third kappa shape index (κ3) is 3.07. The Morgan fingerprint density at radius 3 is 2.80 bits per heavy atom. The van der Waals surface area contributed by atoms with Gasteiger partial charge in [0.05, 0.1) is 6.61 Å². The van der Waals surface area contributed by atoms with E-state index in [4.69, 9.17) is 4.74 Å². The third-order valence-electron chi connectivity index (χ3n) is 4.94. The first kappa shape index (κ1) is 14.1. The summed E-state index contributed by atoms with van der Waals surface area (Å²) in [4.78, 5) is 0. The second-order valence-corrected chi connectivity index (χ2v) is 6.31. The summed E-state index contributed by atoms with van der Waals surface area (Å²) >= 11 is 0. The summed E-state index contributed by atoms with van der Waals surface area (Å²) in [6.07, 6.45) is 6.64. The summed E-state index contributed by atoms with van der Waals surface area (Å²) in [5.41, 5.74) is 3.01. The molecular weight excluding hydrogens is 246 g/mol. The van der Waals surface area contributed by atoms with Crippen LogP contribution in [0.2, 0.25) is 0 Å². The predicted octanol–water partition coefficient (Wildman–Crippen LogP) is 4.03. The maximum absolute atomic E-state index is 5.70. The molecule has 2 nitrogen and oxygen atoms in total. The Bertz CT molecular complexity index is 421. The van der Waals surface area contributed by atoms with E-state index in [0.29, 0.717) is 12.0 Å². The molecule has 1 saturated heterocycles. The molecule has 20 heavy (non-hydrogen) atoms. The molecule has 0 radical (unpaired) electrons. The summed E-state index contributed by atoms with van der Waals surface area (Å²) in [5.74, 6) is 1.44. The van der Waals surface area contributed by atoms with Gasteiger partial charge in [-0.2, -0.15) is 0 Å². The highest BCUT2D eigenvalue weighted by atomic mass is 16.5. The van der Waals surface area contributed by atoms with E-state index in [1.807, 2.05) is 0 Å². The van der Waals surface area contributed by atoms with Gasteiger partial charge in [0.2, 0.25) is 0 Å². The van der Waals surface area contributed by atoms with Gasteiger partial charge >= 0.3 is 0 Å². The van der Waals surface area contributed by atoms with Gasteiger partial charge in [0.25, 0.3) is 0 Å². The monoisotopic (exact) mass is 273 g/mol. The lowest BCUT2D eigenvalue weighted by Crippen LogP contribution is -2.33. The Balaban J connectivity index is 1.78. The molecule has 2 atom stereocenters. The molecule has 1 heterocycles. The molecule has 0 aromatic heterocycles. The lowest BCUT2D eigenvalue weighted by molar-refractivity contribution is 0.0392. The SMILES string of the molecule is CCNC(c1cccc(C2CCC2)c1)C1CCCOC1. The van der Waals surface area contributed by atoms with Crippen LogP contribution in [0.25, 0.3) is 0 Å². The van der Waals surface area contributed by atoms with Crippen LogP contribution in [0.1, 0.15) is 62.1 Å². The zero-order chi connectivity index (χ0) is 13.8. The van der Waals surface area contributed by atoms with Gasteiger partial charge in [-0.15, -0.1) is 0 Å². The van der Waals surface area contributed by atoms with E-state index in [1.165, 1.54) is 37.7 Å². The van der Waals surface area contributed by atoms with Gasteiger partial charge in [0.1, 0.15) is 0 Å². The van der Waals surface area contributed by atoms with E-state index in [2.05, 4.69) is 36.5 Å². The van der Waals surface area contributed by atoms with E-state index in [1.54, 1.807) is 5.56 Å². The Morgan fingerprint density at radius 2 is 2.15 bits per heavy atom. The molecule has 1 aromatic rings. The fourth-order valence-electron chi connectivity index (χ4n) is 3.55. The Kier molecular flexibility index (Phi) is 4.74. The molecule has 1 aliphatic heterocycles. The highest BCUT2D eigenvalue weighted by Crippen LogP contribution is 2.38. The number of hydrogen-bond donors (Lipinski definition) is 1. The first-order valence-corrected chi connectivity index (χ1v) is 8.29. The first-order chi connectivity index (χ1) is 9.88. The highest BCUT2D eigenvalue weighted by molar-refractivity contribution is 5.30. The molecule has 2 heteroatoms. The number of rotatable bonds is 5. The van der Waals surface area contributed by atoms with Crippen molar-refractivity contribution in [1.29, 1.82) is 0 Å². The zero-order valence-corrected chi connectivity index (χ0v) is 12.6. The minimum absolute atomic E-state index is 0.459. The minimum Gasteiger partial charge on any atom is -0.381 e. The van der Waals surface area contributed by atoms with Crippen LogP contribution in [0.15, 0.2) is 24.3 Å². The number of hydrogen-bond acceptors (Lipinski definition) is 2. The fourth-order valence-corrected chi connectivity index (χ4v) is 3.55. The number of nitrogens with one attached hydrogen (secondary N) is 1.